The molecule has 0 aliphatic carbocycles. The fourth-order valence-electron chi connectivity index (χ4n) is 0.246. The molecule has 0 rings (SSSR count). The van der Waals surface area contributed by atoms with Crippen molar-refractivity contribution in [3.63, 3.8) is 0 Å². The van der Waals surface area contributed by atoms with Crippen molar-refractivity contribution in [2.45, 2.75) is 6.92 Å². The number of allylic oxidation sites excluding steroid dienone is 1. The maximum atomic E-state index is 9.79. The number of hydrogen-bond acceptors (Lipinski definition) is 5. The molecule has 0 fully saturated rings. The largest absolute Gasteiger partial charge is 1.00 e. The minimum Gasteiger partial charge on any atom is -0.658 e. The van der Waals surface area contributed by atoms with Gasteiger partial charge in [-0.05, 0) is 0 Å². The van der Waals surface area contributed by atoms with Crippen molar-refractivity contribution < 1.29 is 83.7 Å². The Labute approximate surface area is 120 Å². The van der Waals surface area contributed by atoms with Gasteiger partial charge < -0.3 is 15.0 Å². The summed E-state index contributed by atoms with van der Waals surface area (Å²) in [7, 11) is 0. The molecular weight excluding hydrogens is 198 g/mol. The second-order valence-electron chi connectivity index (χ2n) is 1.26. The van der Waals surface area contributed by atoms with Crippen molar-refractivity contribution >= 4 is 12.1 Å². The number of hydrogen-bond donors (Lipinski definition) is 1. The van der Waals surface area contributed by atoms with Crippen LogP contribution < -0.4 is 64.2 Å². The Bertz CT molecular complexity index is 183. The van der Waals surface area contributed by atoms with Crippen molar-refractivity contribution in [1.29, 1.82) is 0 Å². The van der Waals surface area contributed by atoms with E-state index in [9.17, 15) is 9.90 Å². The van der Waals surface area contributed by atoms with Crippen LogP contribution in [0.25, 0.3) is 0 Å². The quantitative estimate of drug-likeness (QED) is 0.274. The summed E-state index contributed by atoms with van der Waals surface area (Å²) in [6.45, 7) is 0.889. The van der Waals surface area contributed by atoms with E-state index in [0.29, 0.717) is 0 Å². The number of rotatable bonds is 2. The van der Waals surface area contributed by atoms with Crippen LogP contribution in [0.2, 0.25) is 0 Å². The Morgan fingerprint density at radius 1 is 1.46 bits per heavy atom. The summed E-state index contributed by atoms with van der Waals surface area (Å²) in [5, 5.41) is 18.0. The first kappa shape index (κ1) is 23.4. The number of carboxylic acids is 1. The number of carbonyl (C=O) groups is 1. The van der Waals surface area contributed by atoms with E-state index in [-0.39, 0.29) is 70.8 Å². The first-order valence-electron chi connectivity index (χ1n) is 2.49. The molecule has 13 heavy (non-hydrogen) atoms. The average Bonchev–Trinajstić information content (AvgIpc) is 1.91. The third-order valence-corrected chi connectivity index (χ3v) is 0.706. The number of aliphatic carboxylic acids is 1. The Hall–Kier alpha value is 0.550. The molecular formula is C6H6Na2O5. The van der Waals surface area contributed by atoms with Crippen molar-refractivity contribution in [2.75, 3.05) is 6.61 Å². The maximum absolute atomic E-state index is 9.79. The predicted octanol–water partition coefficient (Wildman–Crippen LogP) is -8.10. The van der Waals surface area contributed by atoms with Crippen LogP contribution in [-0.4, -0.2) is 23.8 Å². The number of carbonyl (C=O) groups excluding carboxylic acids is 3. The minimum absolute atomic E-state index is 0. The molecule has 0 amide bonds. The third kappa shape index (κ3) is 19.1. The van der Waals surface area contributed by atoms with E-state index in [4.69, 9.17) is 14.7 Å². The molecule has 1 N–H and O–H groups in total. The molecule has 0 unspecified atom stereocenters. The van der Waals surface area contributed by atoms with Gasteiger partial charge in [-0.25, -0.2) is 0 Å². The molecule has 0 aliphatic heterocycles. The molecule has 0 bridgehead atoms. The zero-order valence-electron chi connectivity index (χ0n) is 7.79. The van der Waals surface area contributed by atoms with Gasteiger partial charge in [-0.1, -0.05) is 0 Å². The summed E-state index contributed by atoms with van der Waals surface area (Å²) in [5.74, 6) is -1.37. The van der Waals surface area contributed by atoms with Gasteiger partial charge in [0.05, 0.1) is 0 Å². The first-order valence-corrected chi connectivity index (χ1v) is 2.49. The predicted molar refractivity (Wildman–Crippen MR) is 29.5 cm³/mol. The molecule has 0 aliphatic rings. The molecule has 7 heteroatoms. The van der Waals surface area contributed by atoms with Gasteiger partial charge in [0.15, 0.2) is 0 Å². The van der Waals surface area contributed by atoms with Crippen molar-refractivity contribution in [3.05, 3.63) is 11.6 Å². The summed E-state index contributed by atoms with van der Waals surface area (Å²) < 4.78 is 0. The first-order chi connectivity index (χ1) is 5.13. The third-order valence-electron chi connectivity index (χ3n) is 0.706. The second kappa shape index (κ2) is 18.4. The fourth-order valence-corrected chi connectivity index (χ4v) is 0.246. The van der Waals surface area contributed by atoms with Gasteiger partial charge in [0.25, 0.3) is 0 Å². The van der Waals surface area contributed by atoms with Gasteiger partial charge in [0.1, 0.15) is 0 Å². The van der Waals surface area contributed by atoms with Crippen LogP contribution in [0.3, 0.4) is 0 Å². The molecule has 0 aromatic carbocycles. The van der Waals surface area contributed by atoms with E-state index < -0.39 is 12.6 Å². The molecule has 0 atom stereocenters. The zero-order valence-corrected chi connectivity index (χ0v) is 11.8. The molecule has 0 aromatic rings. The summed E-state index contributed by atoms with van der Waals surface area (Å²) in [4.78, 5) is 26.0. The topological polar surface area (TPSA) is 94.5 Å². The molecule has 0 saturated carbocycles. The van der Waals surface area contributed by atoms with Gasteiger partial charge in [-0.15, -0.1) is 12.9 Å². The van der Waals surface area contributed by atoms with Crippen LogP contribution in [0.1, 0.15) is 6.92 Å². The second-order valence-corrected chi connectivity index (χ2v) is 1.26. The van der Waals surface area contributed by atoms with Crippen LogP contribution in [0.15, 0.2) is 5.57 Å². The Balaban J connectivity index is -0.0000000720. The number of aliphatic hydroxyl groups excluding tert-OH is 1. The van der Waals surface area contributed by atoms with E-state index in [1.807, 2.05) is 0 Å². The van der Waals surface area contributed by atoms with Crippen LogP contribution in [0.5, 0.6) is 0 Å². The van der Waals surface area contributed by atoms with Crippen molar-refractivity contribution in [2.24, 2.45) is 0 Å². The van der Waals surface area contributed by atoms with Crippen LogP contribution in [-0.2, 0) is 14.4 Å². The van der Waals surface area contributed by atoms with Crippen molar-refractivity contribution in [3.8, 4) is 0 Å². The van der Waals surface area contributed by atoms with Crippen LogP contribution in [0, 0.1) is 6.08 Å². The monoisotopic (exact) mass is 204 g/mol. The van der Waals surface area contributed by atoms with E-state index in [2.05, 4.69) is 6.08 Å². The summed E-state index contributed by atoms with van der Waals surface area (Å²) in [5.41, 5.74) is -0.204. The van der Waals surface area contributed by atoms with Gasteiger partial charge in [-0.2, -0.15) is 15.2 Å². The van der Waals surface area contributed by atoms with Gasteiger partial charge in [-0.3, -0.25) is 6.08 Å². The molecule has 0 radical (unpaired) electrons. The average molecular weight is 204 g/mol. The molecule has 0 heterocycles. The Morgan fingerprint density at radius 3 is 1.77 bits per heavy atom. The number of aliphatic hydroxyl groups is 1. The standard InChI is InChI=1S/C5H7O3.CO2.2Na/c1-2-4(3-6)5(7)8;2-1-3;;/h6H,3H2,1H3,(H,7,8);;;/q-1;;2*+1/p-1. The SMILES string of the molecule is C[C-]=C(CO)C(=O)[O-].O=C=O.[Na+].[Na+]. The zero-order chi connectivity index (χ0) is 9.28. The summed E-state index contributed by atoms with van der Waals surface area (Å²) >= 11 is 0. The van der Waals surface area contributed by atoms with E-state index in [0.717, 1.165) is 0 Å². The minimum atomic E-state index is -1.37. The summed E-state index contributed by atoms with van der Waals surface area (Å²) in [6.07, 6.45) is 2.51. The van der Waals surface area contributed by atoms with Gasteiger partial charge in [0.2, 0.25) is 0 Å². The maximum Gasteiger partial charge on any atom is 1.00 e. The van der Waals surface area contributed by atoms with Crippen LogP contribution >= 0.6 is 0 Å². The molecule has 62 valence electrons. The normalized spacial score (nSPS) is 7.69. The van der Waals surface area contributed by atoms with E-state index in [1.54, 1.807) is 0 Å². The van der Waals surface area contributed by atoms with Gasteiger partial charge in [0, 0.05) is 6.61 Å². The Morgan fingerprint density at radius 2 is 1.77 bits per heavy atom. The molecule has 0 spiro atoms. The molecule has 5 nitrogen and oxygen atoms in total. The van der Waals surface area contributed by atoms with Crippen molar-refractivity contribution in [1.82, 2.24) is 0 Å². The molecule has 0 aromatic heterocycles. The van der Waals surface area contributed by atoms with E-state index >= 15 is 0 Å². The van der Waals surface area contributed by atoms with Crippen LogP contribution in [0.4, 0.5) is 0 Å². The Kier molecular flexibility index (Phi) is 33.0. The fraction of sp³-hybridized carbons (Fsp3) is 0.333. The van der Waals surface area contributed by atoms with E-state index in [1.165, 1.54) is 6.92 Å². The van der Waals surface area contributed by atoms with Gasteiger partial charge >= 0.3 is 65.3 Å². The smallest absolute Gasteiger partial charge is 0.658 e. The summed E-state index contributed by atoms with van der Waals surface area (Å²) in [6, 6.07) is 0. The molecule has 0 saturated heterocycles. The number of carboxylic acid groups (broad SMARTS) is 1.